The van der Waals surface area contributed by atoms with Crippen LogP contribution in [-0.4, -0.2) is 59.0 Å². The Balaban J connectivity index is 1.65. The smallest absolute Gasteiger partial charge is 0.317 e. The Morgan fingerprint density at radius 3 is 2.68 bits per heavy atom. The van der Waals surface area contributed by atoms with Crippen molar-refractivity contribution in [3.05, 3.63) is 35.0 Å². The number of likely N-dealkylation sites (N-methyl/N-ethyl adjacent to an activating group) is 1. The number of aliphatic carboxylic acids is 1. The lowest BCUT2D eigenvalue weighted by atomic mass is 10.0. The summed E-state index contributed by atoms with van der Waals surface area (Å²) in [7, 11) is 0. The van der Waals surface area contributed by atoms with E-state index in [0.29, 0.717) is 24.5 Å². The molecule has 1 aromatic heterocycles. The van der Waals surface area contributed by atoms with Crippen LogP contribution >= 0.6 is 11.3 Å². The molecule has 3 rings (SSSR count). The molecule has 2 aromatic rings. The summed E-state index contributed by atoms with van der Waals surface area (Å²) in [6.07, 6.45) is 1.54. The molecule has 5 nitrogen and oxygen atoms in total. The van der Waals surface area contributed by atoms with Crippen LogP contribution in [0.4, 0.5) is 4.39 Å². The molecule has 1 aliphatic rings. The number of nitrogens with zero attached hydrogens (tertiary/aromatic N) is 2. The Kier molecular flexibility index (Phi) is 5.34. The highest BCUT2D eigenvalue weighted by atomic mass is 32.1. The maximum absolute atomic E-state index is 13.3. The van der Waals surface area contributed by atoms with Crippen molar-refractivity contribution in [3.8, 4) is 0 Å². The van der Waals surface area contributed by atoms with Crippen LogP contribution in [0.15, 0.2) is 24.3 Å². The van der Waals surface area contributed by atoms with Gasteiger partial charge in [-0.2, -0.15) is 0 Å². The number of piperidine rings is 1. The van der Waals surface area contributed by atoms with Crippen LogP contribution in [0.2, 0.25) is 0 Å². The van der Waals surface area contributed by atoms with Gasteiger partial charge in [0.1, 0.15) is 5.82 Å². The first-order valence-corrected chi connectivity index (χ1v) is 9.23. The molecule has 2 heterocycles. The third kappa shape index (κ3) is 3.99. The van der Waals surface area contributed by atoms with Gasteiger partial charge < -0.3 is 10.0 Å². The van der Waals surface area contributed by atoms with Crippen LogP contribution in [0.1, 0.15) is 29.4 Å². The number of hydrogen-bond acceptors (Lipinski definition) is 4. The molecule has 25 heavy (non-hydrogen) atoms. The van der Waals surface area contributed by atoms with E-state index in [4.69, 9.17) is 5.11 Å². The first-order valence-electron chi connectivity index (χ1n) is 8.42. The molecule has 134 valence electrons. The SMILES string of the molecule is CCN(CC(=O)O)C1CCN(C(=O)c2cc3cc(F)ccc3s2)CC1. The second-order valence-corrected chi connectivity index (χ2v) is 7.36. The second-order valence-electron chi connectivity index (χ2n) is 6.27. The Bertz CT molecular complexity index is 784. The van der Waals surface area contributed by atoms with Gasteiger partial charge in [0.25, 0.3) is 5.91 Å². The van der Waals surface area contributed by atoms with Crippen molar-refractivity contribution in [2.24, 2.45) is 0 Å². The number of fused-ring (bicyclic) bond motifs is 1. The van der Waals surface area contributed by atoms with Gasteiger partial charge in [0.05, 0.1) is 11.4 Å². The fourth-order valence-electron chi connectivity index (χ4n) is 3.38. The van der Waals surface area contributed by atoms with E-state index in [2.05, 4.69) is 0 Å². The van der Waals surface area contributed by atoms with Crippen molar-refractivity contribution >= 4 is 33.3 Å². The summed E-state index contributed by atoms with van der Waals surface area (Å²) >= 11 is 1.38. The van der Waals surface area contributed by atoms with Crippen LogP contribution < -0.4 is 0 Å². The lowest BCUT2D eigenvalue weighted by Crippen LogP contribution is -2.48. The summed E-state index contributed by atoms with van der Waals surface area (Å²) in [4.78, 5) is 28.0. The quantitative estimate of drug-likeness (QED) is 0.886. The van der Waals surface area contributed by atoms with Gasteiger partial charge in [-0.05, 0) is 49.0 Å². The third-order valence-electron chi connectivity index (χ3n) is 4.70. The molecule has 1 fully saturated rings. The van der Waals surface area contributed by atoms with Crippen LogP contribution in [0.25, 0.3) is 10.1 Å². The van der Waals surface area contributed by atoms with Crippen molar-refractivity contribution < 1.29 is 19.1 Å². The third-order valence-corrected chi connectivity index (χ3v) is 5.81. The monoisotopic (exact) mass is 364 g/mol. The summed E-state index contributed by atoms with van der Waals surface area (Å²) in [5.74, 6) is -1.15. The number of rotatable bonds is 5. The zero-order valence-electron chi connectivity index (χ0n) is 14.1. The van der Waals surface area contributed by atoms with E-state index in [-0.39, 0.29) is 24.3 Å². The van der Waals surface area contributed by atoms with Crippen molar-refractivity contribution in [1.29, 1.82) is 0 Å². The second kappa shape index (κ2) is 7.49. The molecular formula is C18H21FN2O3S. The van der Waals surface area contributed by atoms with Gasteiger partial charge >= 0.3 is 5.97 Å². The fourth-order valence-corrected chi connectivity index (χ4v) is 4.39. The Morgan fingerprint density at radius 2 is 2.04 bits per heavy atom. The Morgan fingerprint density at radius 1 is 1.32 bits per heavy atom. The highest BCUT2D eigenvalue weighted by molar-refractivity contribution is 7.20. The van der Waals surface area contributed by atoms with E-state index in [1.165, 1.54) is 23.5 Å². The van der Waals surface area contributed by atoms with Gasteiger partial charge in [-0.25, -0.2) is 4.39 Å². The van der Waals surface area contributed by atoms with Gasteiger partial charge in [-0.1, -0.05) is 6.92 Å². The standard InChI is InChI=1S/C18H21FN2O3S/c1-2-20(11-17(22)23)14-5-7-21(8-6-14)18(24)16-10-12-9-13(19)3-4-15(12)25-16/h3-4,9-10,14H,2,5-8,11H2,1H3,(H,22,23). The molecule has 0 bridgehead atoms. The molecule has 7 heteroatoms. The molecular weight excluding hydrogens is 343 g/mol. The maximum atomic E-state index is 13.3. The minimum absolute atomic E-state index is 0.0265. The summed E-state index contributed by atoms with van der Waals surface area (Å²) in [6, 6.07) is 6.49. The van der Waals surface area contributed by atoms with Gasteiger partial charge in [0.2, 0.25) is 0 Å². The average molecular weight is 364 g/mol. The molecule has 1 aromatic carbocycles. The number of carbonyl (C=O) groups is 2. The van der Waals surface area contributed by atoms with E-state index >= 15 is 0 Å². The van der Waals surface area contributed by atoms with E-state index < -0.39 is 5.97 Å². The highest BCUT2D eigenvalue weighted by Crippen LogP contribution is 2.28. The fraction of sp³-hybridized carbons (Fsp3) is 0.444. The number of hydrogen-bond donors (Lipinski definition) is 1. The van der Waals surface area contributed by atoms with Crippen LogP contribution in [0.5, 0.6) is 0 Å². The molecule has 1 saturated heterocycles. The van der Waals surface area contributed by atoms with E-state index in [1.807, 2.05) is 16.7 Å². The van der Waals surface area contributed by atoms with E-state index in [0.717, 1.165) is 22.9 Å². The molecule has 0 saturated carbocycles. The lowest BCUT2D eigenvalue weighted by Gasteiger charge is -2.37. The molecule has 1 amide bonds. The molecule has 0 radical (unpaired) electrons. The number of halogens is 1. The minimum atomic E-state index is -0.821. The van der Waals surface area contributed by atoms with Gasteiger partial charge in [-0.15, -0.1) is 11.3 Å². The van der Waals surface area contributed by atoms with E-state index in [1.54, 1.807) is 12.1 Å². The minimum Gasteiger partial charge on any atom is -0.480 e. The number of benzene rings is 1. The predicted octanol–water partition coefficient (Wildman–Crippen LogP) is 3.05. The molecule has 0 spiro atoms. The van der Waals surface area contributed by atoms with E-state index in [9.17, 15) is 14.0 Å². The zero-order valence-corrected chi connectivity index (χ0v) is 14.9. The molecule has 0 atom stereocenters. The first-order chi connectivity index (χ1) is 12.0. The summed E-state index contributed by atoms with van der Waals surface area (Å²) in [5.41, 5.74) is 0. The number of likely N-dealkylation sites (tertiary alicyclic amines) is 1. The number of carboxylic acid groups (broad SMARTS) is 1. The topological polar surface area (TPSA) is 60.9 Å². The largest absolute Gasteiger partial charge is 0.480 e. The summed E-state index contributed by atoms with van der Waals surface area (Å²) < 4.78 is 14.2. The van der Waals surface area contributed by atoms with Crippen molar-refractivity contribution in [1.82, 2.24) is 9.80 Å². The number of thiophene rings is 1. The first kappa shape index (κ1) is 17.8. The summed E-state index contributed by atoms with van der Waals surface area (Å²) in [5, 5.41) is 9.74. The highest BCUT2D eigenvalue weighted by Gasteiger charge is 2.28. The molecule has 1 aliphatic heterocycles. The van der Waals surface area contributed by atoms with Crippen molar-refractivity contribution in [2.75, 3.05) is 26.2 Å². The normalized spacial score (nSPS) is 15.9. The van der Waals surface area contributed by atoms with Crippen molar-refractivity contribution in [3.63, 3.8) is 0 Å². The predicted molar refractivity (Wildman–Crippen MR) is 95.6 cm³/mol. The average Bonchev–Trinajstić information content (AvgIpc) is 3.02. The maximum Gasteiger partial charge on any atom is 0.317 e. The summed E-state index contributed by atoms with van der Waals surface area (Å²) in [6.45, 7) is 3.91. The van der Waals surface area contributed by atoms with Crippen LogP contribution in [-0.2, 0) is 4.79 Å². The van der Waals surface area contributed by atoms with Gasteiger partial charge in [0, 0.05) is 23.8 Å². The molecule has 0 aliphatic carbocycles. The van der Waals surface area contributed by atoms with Gasteiger partial charge in [0.15, 0.2) is 0 Å². The number of carboxylic acids is 1. The zero-order chi connectivity index (χ0) is 18.0. The van der Waals surface area contributed by atoms with Crippen molar-refractivity contribution in [2.45, 2.75) is 25.8 Å². The van der Waals surface area contributed by atoms with Gasteiger partial charge in [-0.3, -0.25) is 14.5 Å². The Hall–Kier alpha value is -1.99. The number of amides is 1. The molecule has 1 N–H and O–H groups in total. The Labute approximate surface area is 149 Å². The lowest BCUT2D eigenvalue weighted by molar-refractivity contribution is -0.139. The number of carbonyl (C=O) groups excluding carboxylic acids is 1. The molecule has 0 unspecified atom stereocenters. The van der Waals surface area contributed by atoms with Crippen LogP contribution in [0.3, 0.4) is 0 Å². The van der Waals surface area contributed by atoms with Crippen LogP contribution in [0, 0.1) is 5.82 Å².